The zero-order chi connectivity index (χ0) is 12.0. The molecule has 3 rings (SSSR count). The number of fused-ring (bicyclic) bond motifs is 2. The van der Waals surface area contributed by atoms with Crippen LogP contribution in [0.2, 0.25) is 0 Å². The first-order valence-electron chi connectivity index (χ1n) is 5.92. The summed E-state index contributed by atoms with van der Waals surface area (Å²) in [5, 5.41) is 22.3. The fraction of sp³-hybridized carbons (Fsp3) is 0.462. The second-order valence-electron chi connectivity index (χ2n) is 5.02. The number of rotatable bonds is 2. The molecule has 1 aromatic carbocycles. The third-order valence-electron chi connectivity index (χ3n) is 4.17. The SMILES string of the molecule is O=C(O)C1(c2ccc(O)cc2)CC2CCC1N2. The molecule has 2 saturated heterocycles. The molecular formula is C13H15NO3. The van der Waals surface area contributed by atoms with Crippen molar-refractivity contribution in [2.24, 2.45) is 0 Å². The van der Waals surface area contributed by atoms with E-state index in [1.165, 1.54) is 0 Å². The van der Waals surface area contributed by atoms with E-state index < -0.39 is 11.4 Å². The van der Waals surface area contributed by atoms with E-state index in [0.717, 1.165) is 18.4 Å². The molecule has 3 atom stereocenters. The number of phenols is 1. The molecule has 4 heteroatoms. The van der Waals surface area contributed by atoms with E-state index in [9.17, 15) is 15.0 Å². The van der Waals surface area contributed by atoms with Gasteiger partial charge in [-0.1, -0.05) is 12.1 Å². The second kappa shape index (κ2) is 3.47. The summed E-state index contributed by atoms with van der Waals surface area (Å²) in [6.45, 7) is 0. The van der Waals surface area contributed by atoms with Crippen molar-refractivity contribution in [1.29, 1.82) is 0 Å². The van der Waals surface area contributed by atoms with Crippen LogP contribution in [-0.2, 0) is 10.2 Å². The van der Waals surface area contributed by atoms with Gasteiger partial charge in [0.05, 0.1) is 0 Å². The number of hydrogen-bond acceptors (Lipinski definition) is 3. The average Bonchev–Trinajstić information content (AvgIpc) is 2.90. The van der Waals surface area contributed by atoms with Gasteiger partial charge in [-0.05, 0) is 37.0 Å². The maximum atomic E-state index is 11.7. The van der Waals surface area contributed by atoms with Crippen LogP contribution in [0, 0.1) is 0 Å². The molecule has 2 bridgehead atoms. The number of carboxylic acids is 1. The van der Waals surface area contributed by atoms with Crippen LogP contribution in [0.15, 0.2) is 24.3 Å². The molecule has 2 fully saturated rings. The molecule has 0 aliphatic carbocycles. The lowest BCUT2D eigenvalue weighted by atomic mass is 9.69. The van der Waals surface area contributed by atoms with Crippen molar-refractivity contribution in [3.63, 3.8) is 0 Å². The quantitative estimate of drug-likeness (QED) is 0.718. The smallest absolute Gasteiger partial charge is 0.315 e. The molecule has 2 heterocycles. The zero-order valence-electron chi connectivity index (χ0n) is 9.39. The highest BCUT2D eigenvalue weighted by Crippen LogP contribution is 2.46. The minimum atomic E-state index is -0.809. The van der Waals surface area contributed by atoms with E-state index in [1.807, 2.05) is 0 Å². The maximum Gasteiger partial charge on any atom is 0.315 e. The number of carbonyl (C=O) groups is 1. The van der Waals surface area contributed by atoms with Crippen molar-refractivity contribution in [1.82, 2.24) is 5.32 Å². The molecule has 90 valence electrons. The Hall–Kier alpha value is -1.55. The van der Waals surface area contributed by atoms with Gasteiger partial charge < -0.3 is 15.5 Å². The van der Waals surface area contributed by atoms with Crippen LogP contribution >= 0.6 is 0 Å². The zero-order valence-corrected chi connectivity index (χ0v) is 9.39. The molecule has 2 aliphatic rings. The van der Waals surface area contributed by atoms with E-state index in [0.29, 0.717) is 12.5 Å². The average molecular weight is 233 g/mol. The first-order chi connectivity index (χ1) is 8.13. The van der Waals surface area contributed by atoms with Gasteiger partial charge in [0, 0.05) is 12.1 Å². The van der Waals surface area contributed by atoms with E-state index >= 15 is 0 Å². The number of aromatic hydroxyl groups is 1. The summed E-state index contributed by atoms with van der Waals surface area (Å²) in [5.41, 5.74) is -0.0149. The van der Waals surface area contributed by atoms with Gasteiger partial charge >= 0.3 is 5.97 Å². The topological polar surface area (TPSA) is 69.6 Å². The largest absolute Gasteiger partial charge is 0.508 e. The highest BCUT2D eigenvalue weighted by molar-refractivity contribution is 5.83. The van der Waals surface area contributed by atoms with Crippen LogP contribution in [-0.4, -0.2) is 28.3 Å². The molecule has 17 heavy (non-hydrogen) atoms. The third-order valence-corrected chi connectivity index (χ3v) is 4.17. The third kappa shape index (κ3) is 1.37. The van der Waals surface area contributed by atoms with Crippen molar-refractivity contribution in [2.45, 2.75) is 36.8 Å². The summed E-state index contributed by atoms with van der Waals surface area (Å²) in [6, 6.07) is 6.93. The predicted octanol–water partition coefficient (Wildman–Crippen LogP) is 1.24. The van der Waals surface area contributed by atoms with E-state index in [1.54, 1.807) is 24.3 Å². The summed E-state index contributed by atoms with van der Waals surface area (Å²) in [7, 11) is 0. The lowest BCUT2D eigenvalue weighted by Crippen LogP contribution is -2.46. The van der Waals surface area contributed by atoms with Gasteiger partial charge in [0.2, 0.25) is 0 Å². The number of benzene rings is 1. The van der Waals surface area contributed by atoms with Crippen molar-refractivity contribution >= 4 is 5.97 Å². The van der Waals surface area contributed by atoms with Crippen LogP contribution in [0.1, 0.15) is 24.8 Å². The lowest BCUT2D eigenvalue weighted by molar-refractivity contribution is -0.144. The van der Waals surface area contributed by atoms with Crippen LogP contribution in [0.3, 0.4) is 0 Å². The molecule has 3 N–H and O–H groups in total. The number of hydrogen-bond donors (Lipinski definition) is 3. The number of aliphatic carboxylic acids is 1. The van der Waals surface area contributed by atoms with Gasteiger partial charge in [-0.2, -0.15) is 0 Å². The molecule has 3 unspecified atom stereocenters. The fourth-order valence-electron chi connectivity index (χ4n) is 3.34. The summed E-state index contributed by atoms with van der Waals surface area (Å²) < 4.78 is 0. The van der Waals surface area contributed by atoms with Crippen LogP contribution < -0.4 is 5.32 Å². The molecule has 0 saturated carbocycles. The summed E-state index contributed by atoms with van der Waals surface area (Å²) in [5.74, 6) is -0.590. The summed E-state index contributed by atoms with van der Waals surface area (Å²) in [6.07, 6.45) is 2.63. The van der Waals surface area contributed by atoms with Crippen LogP contribution in [0.25, 0.3) is 0 Å². The van der Waals surface area contributed by atoms with E-state index in [2.05, 4.69) is 5.32 Å². The van der Waals surface area contributed by atoms with Crippen molar-refractivity contribution in [3.05, 3.63) is 29.8 Å². The fourth-order valence-corrected chi connectivity index (χ4v) is 3.34. The van der Waals surface area contributed by atoms with Gasteiger partial charge in [0.1, 0.15) is 11.2 Å². The Morgan fingerprint density at radius 1 is 1.29 bits per heavy atom. The van der Waals surface area contributed by atoms with Crippen molar-refractivity contribution < 1.29 is 15.0 Å². The van der Waals surface area contributed by atoms with Gasteiger partial charge in [-0.15, -0.1) is 0 Å². The number of phenolic OH excluding ortho intramolecular Hbond substituents is 1. The van der Waals surface area contributed by atoms with Crippen LogP contribution in [0.5, 0.6) is 5.75 Å². The van der Waals surface area contributed by atoms with Crippen molar-refractivity contribution in [2.75, 3.05) is 0 Å². The second-order valence-corrected chi connectivity index (χ2v) is 5.02. The molecule has 0 spiro atoms. The Kier molecular flexibility index (Phi) is 2.16. The Morgan fingerprint density at radius 3 is 2.47 bits per heavy atom. The van der Waals surface area contributed by atoms with E-state index in [4.69, 9.17) is 0 Å². The van der Waals surface area contributed by atoms with Gasteiger partial charge in [-0.3, -0.25) is 4.79 Å². The predicted molar refractivity (Wildman–Crippen MR) is 62.0 cm³/mol. The summed E-state index contributed by atoms with van der Waals surface area (Å²) >= 11 is 0. The minimum Gasteiger partial charge on any atom is -0.508 e. The maximum absolute atomic E-state index is 11.7. The highest BCUT2D eigenvalue weighted by atomic mass is 16.4. The Bertz CT molecular complexity index is 456. The highest BCUT2D eigenvalue weighted by Gasteiger charge is 2.56. The number of nitrogens with one attached hydrogen (secondary N) is 1. The van der Waals surface area contributed by atoms with Crippen molar-refractivity contribution in [3.8, 4) is 5.75 Å². The molecule has 4 nitrogen and oxygen atoms in total. The first kappa shape index (κ1) is 10.6. The molecular weight excluding hydrogens is 218 g/mol. The summed E-state index contributed by atoms with van der Waals surface area (Å²) in [4.78, 5) is 11.7. The lowest BCUT2D eigenvalue weighted by Gasteiger charge is -2.32. The van der Waals surface area contributed by atoms with Gasteiger partial charge in [0.15, 0.2) is 0 Å². The standard InChI is InChI=1S/C13H15NO3/c15-10-4-1-8(2-5-10)13(12(16)17)7-9-3-6-11(13)14-9/h1-2,4-5,9,11,14-15H,3,6-7H2,(H,16,17). The van der Waals surface area contributed by atoms with Gasteiger partial charge in [0.25, 0.3) is 0 Å². The Balaban J connectivity index is 2.07. The first-order valence-corrected chi connectivity index (χ1v) is 5.92. The molecule has 2 aliphatic heterocycles. The monoisotopic (exact) mass is 233 g/mol. The Morgan fingerprint density at radius 2 is 2.00 bits per heavy atom. The molecule has 0 amide bonds. The molecule has 0 aromatic heterocycles. The number of carboxylic acid groups (broad SMARTS) is 1. The van der Waals surface area contributed by atoms with E-state index in [-0.39, 0.29) is 11.8 Å². The molecule has 1 aromatic rings. The Labute approximate surface area is 99.3 Å². The normalized spacial score (nSPS) is 35.1. The molecule has 0 radical (unpaired) electrons. The van der Waals surface area contributed by atoms with Gasteiger partial charge in [-0.25, -0.2) is 0 Å². The minimum absolute atomic E-state index is 0.0227. The van der Waals surface area contributed by atoms with Crippen LogP contribution in [0.4, 0.5) is 0 Å².